The summed E-state index contributed by atoms with van der Waals surface area (Å²) in [7, 11) is 0. The highest BCUT2D eigenvalue weighted by Gasteiger charge is 2.31. The number of halogens is 1. The molecule has 0 aromatic heterocycles. The number of hydrogen-bond donors (Lipinski definition) is 0. The molecular formula is C20H29Cl. The van der Waals surface area contributed by atoms with Crippen molar-refractivity contribution in [2.24, 2.45) is 17.8 Å². The lowest BCUT2D eigenvalue weighted by molar-refractivity contribution is 0.158. The third kappa shape index (κ3) is 3.65. The molecule has 2 saturated carbocycles. The van der Waals surface area contributed by atoms with Gasteiger partial charge in [0.25, 0.3) is 0 Å². The van der Waals surface area contributed by atoms with Gasteiger partial charge in [0.1, 0.15) is 0 Å². The zero-order valence-corrected chi connectivity index (χ0v) is 14.1. The molecule has 1 heteroatoms. The van der Waals surface area contributed by atoms with Crippen LogP contribution in [0.2, 0.25) is 5.02 Å². The molecule has 0 N–H and O–H groups in total. The number of rotatable bonds is 3. The Morgan fingerprint density at radius 2 is 1.43 bits per heavy atom. The van der Waals surface area contributed by atoms with Crippen LogP contribution in [0.15, 0.2) is 24.3 Å². The smallest absolute Gasteiger partial charge is 0.0440 e. The van der Waals surface area contributed by atoms with Crippen LogP contribution in [0.4, 0.5) is 0 Å². The van der Waals surface area contributed by atoms with Gasteiger partial charge in [0, 0.05) is 5.02 Å². The molecule has 0 nitrogen and oxygen atoms in total. The van der Waals surface area contributed by atoms with Gasteiger partial charge >= 0.3 is 0 Å². The Hall–Kier alpha value is -0.490. The van der Waals surface area contributed by atoms with Crippen molar-refractivity contribution in [3.63, 3.8) is 0 Å². The predicted molar refractivity (Wildman–Crippen MR) is 91.9 cm³/mol. The van der Waals surface area contributed by atoms with Gasteiger partial charge in [0.15, 0.2) is 0 Å². The van der Waals surface area contributed by atoms with Crippen LogP contribution in [0.25, 0.3) is 0 Å². The first-order valence-corrected chi connectivity index (χ1v) is 9.40. The highest BCUT2D eigenvalue weighted by molar-refractivity contribution is 6.31. The first kappa shape index (κ1) is 15.4. The molecule has 0 amide bonds. The monoisotopic (exact) mass is 304 g/mol. The zero-order chi connectivity index (χ0) is 14.7. The summed E-state index contributed by atoms with van der Waals surface area (Å²) in [5.41, 5.74) is 1.40. The molecule has 0 radical (unpaired) electrons. The van der Waals surface area contributed by atoms with E-state index in [2.05, 4.69) is 25.1 Å². The molecule has 0 bridgehead atoms. The standard InChI is InChI=1S/C20H29Cl/c1-2-15-7-9-16(10-8-15)17-11-13-18(14-12-17)19-5-3-4-6-20(19)21/h3-6,15-18H,2,7-14H2,1H3. The van der Waals surface area contributed by atoms with Crippen LogP contribution < -0.4 is 0 Å². The fourth-order valence-corrected chi connectivity index (χ4v) is 5.07. The largest absolute Gasteiger partial charge is 0.0840 e. The van der Waals surface area contributed by atoms with E-state index in [0.717, 1.165) is 22.8 Å². The second-order valence-electron chi connectivity index (χ2n) is 7.32. The van der Waals surface area contributed by atoms with Crippen LogP contribution >= 0.6 is 11.6 Å². The summed E-state index contributed by atoms with van der Waals surface area (Å²) in [5.74, 6) is 3.77. The van der Waals surface area contributed by atoms with Gasteiger partial charge in [0.05, 0.1) is 0 Å². The van der Waals surface area contributed by atoms with E-state index in [1.54, 1.807) is 0 Å². The Morgan fingerprint density at radius 1 is 0.857 bits per heavy atom. The van der Waals surface area contributed by atoms with E-state index >= 15 is 0 Å². The third-order valence-corrected chi connectivity index (χ3v) is 6.60. The second kappa shape index (κ2) is 7.18. The van der Waals surface area contributed by atoms with Gasteiger partial charge in [-0.1, -0.05) is 56.0 Å². The van der Waals surface area contributed by atoms with Crippen molar-refractivity contribution < 1.29 is 0 Å². The van der Waals surface area contributed by atoms with Gasteiger partial charge < -0.3 is 0 Å². The normalized spacial score (nSPS) is 33.8. The van der Waals surface area contributed by atoms with E-state index in [1.165, 1.54) is 63.4 Å². The van der Waals surface area contributed by atoms with E-state index < -0.39 is 0 Å². The van der Waals surface area contributed by atoms with E-state index in [1.807, 2.05) is 6.07 Å². The molecule has 0 aliphatic heterocycles. The van der Waals surface area contributed by atoms with E-state index in [0.29, 0.717) is 5.92 Å². The Bertz CT molecular complexity index is 437. The first-order chi connectivity index (χ1) is 10.3. The molecule has 21 heavy (non-hydrogen) atoms. The van der Waals surface area contributed by atoms with Crippen molar-refractivity contribution in [3.8, 4) is 0 Å². The van der Waals surface area contributed by atoms with Crippen molar-refractivity contribution in [2.45, 2.75) is 70.6 Å². The van der Waals surface area contributed by atoms with Gasteiger partial charge in [-0.2, -0.15) is 0 Å². The summed E-state index contributed by atoms with van der Waals surface area (Å²) in [5, 5.41) is 0.976. The van der Waals surface area contributed by atoms with Gasteiger partial charge in [-0.05, 0) is 73.8 Å². The second-order valence-corrected chi connectivity index (χ2v) is 7.73. The summed E-state index contributed by atoms with van der Waals surface area (Å²) in [6.45, 7) is 2.36. The Labute approximate surface area is 135 Å². The molecule has 0 spiro atoms. The summed E-state index contributed by atoms with van der Waals surface area (Å²) in [4.78, 5) is 0. The molecule has 0 saturated heterocycles. The van der Waals surface area contributed by atoms with Crippen LogP contribution in [0.3, 0.4) is 0 Å². The van der Waals surface area contributed by atoms with E-state index in [-0.39, 0.29) is 0 Å². The Morgan fingerprint density at radius 3 is 2.00 bits per heavy atom. The third-order valence-electron chi connectivity index (χ3n) is 6.25. The minimum absolute atomic E-state index is 0.710. The Balaban J connectivity index is 1.53. The maximum Gasteiger partial charge on any atom is 0.0440 e. The van der Waals surface area contributed by atoms with Crippen LogP contribution in [0, 0.1) is 17.8 Å². The maximum atomic E-state index is 6.37. The van der Waals surface area contributed by atoms with E-state index in [4.69, 9.17) is 11.6 Å². The fraction of sp³-hybridized carbons (Fsp3) is 0.700. The average molecular weight is 305 g/mol. The summed E-state index contributed by atoms with van der Waals surface area (Å²) in [6, 6.07) is 8.47. The molecule has 0 atom stereocenters. The van der Waals surface area contributed by atoms with Gasteiger partial charge in [-0.3, -0.25) is 0 Å². The lowest BCUT2D eigenvalue weighted by Gasteiger charge is -2.38. The van der Waals surface area contributed by atoms with Gasteiger partial charge in [-0.25, -0.2) is 0 Å². The highest BCUT2D eigenvalue weighted by Crippen LogP contribution is 2.45. The summed E-state index contributed by atoms with van der Waals surface area (Å²) < 4.78 is 0. The van der Waals surface area contributed by atoms with Crippen molar-refractivity contribution in [3.05, 3.63) is 34.9 Å². The molecule has 2 aliphatic rings. The summed E-state index contributed by atoms with van der Waals surface area (Å²) in [6.07, 6.45) is 12.9. The van der Waals surface area contributed by atoms with Crippen molar-refractivity contribution in [1.29, 1.82) is 0 Å². The topological polar surface area (TPSA) is 0 Å². The van der Waals surface area contributed by atoms with Gasteiger partial charge in [0.2, 0.25) is 0 Å². The van der Waals surface area contributed by atoms with Crippen molar-refractivity contribution in [2.75, 3.05) is 0 Å². The molecule has 116 valence electrons. The van der Waals surface area contributed by atoms with Crippen LogP contribution in [-0.4, -0.2) is 0 Å². The molecule has 0 heterocycles. The number of hydrogen-bond acceptors (Lipinski definition) is 0. The first-order valence-electron chi connectivity index (χ1n) is 9.02. The minimum atomic E-state index is 0.710. The lowest BCUT2D eigenvalue weighted by Crippen LogP contribution is -2.25. The molecule has 2 fully saturated rings. The summed E-state index contributed by atoms with van der Waals surface area (Å²) >= 11 is 6.37. The fourth-order valence-electron chi connectivity index (χ4n) is 4.78. The average Bonchev–Trinajstić information content (AvgIpc) is 2.56. The van der Waals surface area contributed by atoms with Crippen molar-refractivity contribution >= 4 is 11.6 Å². The van der Waals surface area contributed by atoms with Crippen LogP contribution in [-0.2, 0) is 0 Å². The molecular weight excluding hydrogens is 276 g/mol. The highest BCUT2D eigenvalue weighted by atomic mass is 35.5. The quantitative estimate of drug-likeness (QED) is 0.574. The molecule has 1 aromatic carbocycles. The zero-order valence-electron chi connectivity index (χ0n) is 13.4. The maximum absolute atomic E-state index is 6.37. The lowest BCUT2D eigenvalue weighted by atomic mass is 9.68. The van der Waals surface area contributed by atoms with Crippen molar-refractivity contribution in [1.82, 2.24) is 0 Å². The van der Waals surface area contributed by atoms with E-state index in [9.17, 15) is 0 Å². The minimum Gasteiger partial charge on any atom is -0.0840 e. The molecule has 2 aliphatic carbocycles. The van der Waals surface area contributed by atoms with Crippen LogP contribution in [0.1, 0.15) is 76.2 Å². The Kier molecular flexibility index (Phi) is 5.27. The number of benzene rings is 1. The molecule has 3 rings (SSSR count). The SMILES string of the molecule is CCC1CCC(C2CCC(c3ccccc3Cl)CC2)CC1. The molecule has 0 unspecified atom stereocenters. The van der Waals surface area contributed by atoms with Gasteiger partial charge in [-0.15, -0.1) is 0 Å². The molecule has 1 aromatic rings. The van der Waals surface area contributed by atoms with Crippen LogP contribution in [0.5, 0.6) is 0 Å². The predicted octanol–water partition coefficient (Wildman–Crippen LogP) is 6.83.